The quantitative estimate of drug-likeness (QED) is 0.570. The summed E-state index contributed by atoms with van der Waals surface area (Å²) in [6.07, 6.45) is 2.20. The SMILES string of the molecule is C1COCCN1.O=C1CCCC(=O)C1. The summed E-state index contributed by atoms with van der Waals surface area (Å²) < 4.78 is 5.01. The van der Waals surface area contributed by atoms with E-state index in [-0.39, 0.29) is 18.0 Å². The van der Waals surface area contributed by atoms with Gasteiger partial charge in [-0.1, -0.05) is 0 Å². The lowest BCUT2D eigenvalue weighted by molar-refractivity contribution is -0.129. The summed E-state index contributed by atoms with van der Waals surface area (Å²) in [4.78, 5) is 20.9. The summed E-state index contributed by atoms with van der Waals surface area (Å²) in [5.41, 5.74) is 0. The highest BCUT2D eigenvalue weighted by molar-refractivity contribution is 6.01. The van der Waals surface area contributed by atoms with Crippen molar-refractivity contribution in [2.24, 2.45) is 0 Å². The number of ether oxygens (including phenoxy) is 1. The molecule has 1 aliphatic carbocycles. The fraction of sp³-hybridized carbons (Fsp3) is 0.800. The van der Waals surface area contributed by atoms with Crippen LogP contribution in [0.3, 0.4) is 0 Å². The molecule has 4 heteroatoms. The first-order chi connectivity index (χ1) is 6.79. The van der Waals surface area contributed by atoms with E-state index in [1.54, 1.807) is 0 Å². The third-order valence-corrected chi connectivity index (χ3v) is 2.15. The molecular formula is C10H17NO3. The van der Waals surface area contributed by atoms with E-state index in [9.17, 15) is 9.59 Å². The minimum absolute atomic E-state index is 0.112. The van der Waals surface area contributed by atoms with Crippen molar-refractivity contribution in [2.75, 3.05) is 26.3 Å². The second-order valence-corrected chi connectivity index (χ2v) is 3.47. The van der Waals surface area contributed by atoms with E-state index in [0.29, 0.717) is 12.8 Å². The van der Waals surface area contributed by atoms with Crippen LogP contribution in [0.25, 0.3) is 0 Å². The maximum atomic E-state index is 10.5. The van der Waals surface area contributed by atoms with E-state index in [1.165, 1.54) is 0 Å². The number of Topliss-reactive ketones (excluding diaryl/α,β-unsaturated/α-hetero) is 2. The van der Waals surface area contributed by atoms with Gasteiger partial charge in [-0.2, -0.15) is 0 Å². The van der Waals surface area contributed by atoms with E-state index in [1.807, 2.05) is 0 Å². The Bertz CT molecular complexity index is 174. The van der Waals surface area contributed by atoms with Gasteiger partial charge < -0.3 is 10.1 Å². The van der Waals surface area contributed by atoms with Crippen LogP contribution in [0.5, 0.6) is 0 Å². The molecule has 1 saturated heterocycles. The first-order valence-electron chi connectivity index (χ1n) is 5.11. The van der Waals surface area contributed by atoms with Gasteiger partial charge >= 0.3 is 0 Å². The third-order valence-electron chi connectivity index (χ3n) is 2.15. The van der Waals surface area contributed by atoms with Crippen LogP contribution in [0.15, 0.2) is 0 Å². The topological polar surface area (TPSA) is 55.4 Å². The fourth-order valence-electron chi connectivity index (χ4n) is 1.40. The minimum Gasteiger partial charge on any atom is -0.379 e. The minimum atomic E-state index is 0.112. The molecule has 2 aliphatic rings. The molecule has 14 heavy (non-hydrogen) atoms. The van der Waals surface area contributed by atoms with E-state index in [4.69, 9.17) is 4.74 Å². The molecule has 0 aromatic carbocycles. The Kier molecular flexibility index (Phi) is 5.40. The van der Waals surface area contributed by atoms with E-state index < -0.39 is 0 Å². The molecule has 0 amide bonds. The van der Waals surface area contributed by atoms with Crippen molar-refractivity contribution in [3.8, 4) is 0 Å². The average Bonchev–Trinajstić information content (AvgIpc) is 2.21. The van der Waals surface area contributed by atoms with Crippen LogP contribution in [0, 0.1) is 0 Å². The van der Waals surface area contributed by atoms with Gasteiger partial charge in [0.1, 0.15) is 11.6 Å². The molecule has 4 nitrogen and oxygen atoms in total. The standard InChI is InChI=1S/C6H8O2.C4H9NO/c7-5-2-1-3-6(8)4-5;1-3-6-4-2-5-1/h1-4H2;5H,1-4H2. The predicted molar refractivity (Wildman–Crippen MR) is 52.2 cm³/mol. The van der Waals surface area contributed by atoms with Crippen LogP contribution < -0.4 is 5.32 Å². The number of carbonyl (C=O) groups excluding carboxylic acids is 2. The predicted octanol–water partition coefficient (Wildman–Crippen LogP) is 0.305. The number of hydrogen-bond donors (Lipinski definition) is 1. The van der Waals surface area contributed by atoms with Crippen LogP contribution >= 0.6 is 0 Å². The average molecular weight is 199 g/mol. The number of carbonyl (C=O) groups is 2. The Morgan fingerprint density at radius 3 is 1.79 bits per heavy atom. The Morgan fingerprint density at radius 2 is 1.57 bits per heavy atom. The maximum Gasteiger partial charge on any atom is 0.140 e. The number of nitrogens with one attached hydrogen (secondary N) is 1. The van der Waals surface area contributed by atoms with Crippen LogP contribution in [0.1, 0.15) is 25.7 Å². The Labute approximate surface area is 84.0 Å². The summed E-state index contributed by atoms with van der Waals surface area (Å²) in [6, 6.07) is 0. The van der Waals surface area contributed by atoms with E-state index in [0.717, 1.165) is 32.7 Å². The van der Waals surface area contributed by atoms with E-state index in [2.05, 4.69) is 5.32 Å². The Morgan fingerprint density at radius 1 is 1.00 bits per heavy atom. The van der Waals surface area contributed by atoms with Crippen LogP contribution in [-0.2, 0) is 14.3 Å². The Balaban J connectivity index is 0.000000146. The van der Waals surface area contributed by atoms with Crippen LogP contribution in [-0.4, -0.2) is 37.9 Å². The molecule has 2 rings (SSSR count). The van der Waals surface area contributed by atoms with Gasteiger partial charge in [-0.25, -0.2) is 0 Å². The lowest BCUT2D eigenvalue weighted by Crippen LogP contribution is -2.30. The maximum absolute atomic E-state index is 10.5. The zero-order valence-electron chi connectivity index (χ0n) is 8.38. The van der Waals surface area contributed by atoms with Gasteiger partial charge in [0.05, 0.1) is 19.6 Å². The molecule has 0 spiro atoms. The van der Waals surface area contributed by atoms with Gasteiger partial charge in [-0.15, -0.1) is 0 Å². The largest absolute Gasteiger partial charge is 0.379 e. The van der Waals surface area contributed by atoms with Gasteiger partial charge in [-0.3, -0.25) is 9.59 Å². The van der Waals surface area contributed by atoms with Crippen molar-refractivity contribution in [3.05, 3.63) is 0 Å². The molecule has 1 N–H and O–H groups in total. The first-order valence-corrected chi connectivity index (χ1v) is 5.11. The summed E-state index contributed by atoms with van der Waals surface area (Å²) in [5.74, 6) is 0.225. The molecule has 0 radical (unpaired) electrons. The zero-order chi connectivity index (χ0) is 10.2. The molecule has 80 valence electrons. The molecule has 0 aromatic rings. The van der Waals surface area contributed by atoms with Crippen molar-refractivity contribution in [1.82, 2.24) is 5.32 Å². The molecule has 0 aromatic heterocycles. The molecule has 1 saturated carbocycles. The van der Waals surface area contributed by atoms with Crippen molar-refractivity contribution in [3.63, 3.8) is 0 Å². The number of morpholine rings is 1. The van der Waals surface area contributed by atoms with Crippen LogP contribution in [0.2, 0.25) is 0 Å². The summed E-state index contributed by atoms with van der Waals surface area (Å²) >= 11 is 0. The van der Waals surface area contributed by atoms with Crippen molar-refractivity contribution in [2.45, 2.75) is 25.7 Å². The fourth-order valence-corrected chi connectivity index (χ4v) is 1.40. The smallest absolute Gasteiger partial charge is 0.140 e. The van der Waals surface area contributed by atoms with Crippen molar-refractivity contribution < 1.29 is 14.3 Å². The van der Waals surface area contributed by atoms with Gasteiger partial charge in [-0.05, 0) is 6.42 Å². The second kappa shape index (κ2) is 6.68. The molecule has 0 bridgehead atoms. The normalized spacial score (nSPS) is 22.6. The lowest BCUT2D eigenvalue weighted by atomic mass is 9.98. The van der Waals surface area contributed by atoms with Gasteiger partial charge in [0.2, 0.25) is 0 Å². The highest BCUT2D eigenvalue weighted by Gasteiger charge is 2.14. The summed E-state index contributed by atoms with van der Waals surface area (Å²) in [5, 5.41) is 3.16. The van der Waals surface area contributed by atoms with Gasteiger partial charge in [0.25, 0.3) is 0 Å². The summed E-state index contributed by atoms with van der Waals surface area (Å²) in [7, 11) is 0. The molecular weight excluding hydrogens is 182 g/mol. The lowest BCUT2D eigenvalue weighted by Gasteiger charge is -2.10. The van der Waals surface area contributed by atoms with Gasteiger partial charge in [0, 0.05) is 25.9 Å². The highest BCUT2D eigenvalue weighted by atomic mass is 16.5. The zero-order valence-corrected chi connectivity index (χ0v) is 8.38. The summed E-state index contributed by atoms with van der Waals surface area (Å²) in [6.45, 7) is 3.83. The van der Waals surface area contributed by atoms with Crippen molar-refractivity contribution in [1.29, 1.82) is 0 Å². The molecule has 1 aliphatic heterocycles. The number of hydrogen-bond acceptors (Lipinski definition) is 4. The molecule has 2 fully saturated rings. The Hall–Kier alpha value is -0.740. The van der Waals surface area contributed by atoms with E-state index >= 15 is 0 Å². The third kappa shape index (κ3) is 5.09. The monoisotopic (exact) mass is 199 g/mol. The molecule has 0 unspecified atom stereocenters. The van der Waals surface area contributed by atoms with Crippen LogP contribution in [0.4, 0.5) is 0 Å². The number of ketones is 2. The molecule has 0 atom stereocenters. The first kappa shape index (κ1) is 11.3. The second-order valence-electron chi connectivity index (χ2n) is 3.47. The number of rotatable bonds is 0. The van der Waals surface area contributed by atoms with Crippen molar-refractivity contribution >= 4 is 11.6 Å². The highest BCUT2D eigenvalue weighted by Crippen LogP contribution is 2.09. The van der Waals surface area contributed by atoms with Gasteiger partial charge in [0.15, 0.2) is 0 Å². The molecule has 1 heterocycles.